The molecule has 18 heteroatoms. The second-order valence-electron chi connectivity index (χ2n) is 6.07. The maximum absolute atomic E-state index is 11.8. The van der Waals surface area contributed by atoms with E-state index in [-0.39, 0.29) is 6.54 Å². The number of hydrogen-bond donors (Lipinski definition) is 5. The van der Waals surface area contributed by atoms with Gasteiger partial charge >= 0.3 is 29.2 Å². The molecule has 5 N–H and O–H groups in total. The molecule has 2 unspecified atom stereocenters. The van der Waals surface area contributed by atoms with Crippen LogP contribution in [0.4, 0.5) is 0 Å². The zero-order valence-electron chi connectivity index (χ0n) is 14.8. The molecule has 1 saturated heterocycles. The fourth-order valence-electron chi connectivity index (χ4n) is 2.49. The van der Waals surface area contributed by atoms with Crippen molar-refractivity contribution in [3.63, 3.8) is 0 Å². The lowest BCUT2D eigenvalue weighted by Gasteiger charge is -2.18. The monoisotopic (exact) mass is 480 g/mol. The Balaban J connectivity index is 1.88. The summed E-state index contributed by atoms with van der Waals surface area (Å²) in [6, 6.07) is 0. The van der Waals surface area contributed by atoms with Gasteiger partial charge in [-0.15, -0.1) is 0 Å². The van der Waals surface area contributed by atoms with E-state index in [4.69, 9.17) is 19.4 Å². The summed E-state index contributed by atoms with van der Waals surface area (Å²) >= 11 is 0. The van der Waals surface area contributed by atoms with E-state index in [0.29, 0.717) is 18.4 Å². The summed E-state index contributed by atoms with van der Waals surface area (Å²) < 4.78 is 52.0. The van der Waals surface area contributed by atoms with Gasteiger partial charge in [0.25, 0.3) is 5.56 Å². The molecular formula is C11H19N2O13P3. The number of rotatable bonds is 9. The van der Waals surface area contributed by atoms with E-state index in [9.17, 15) is 28.2 Å². The van der Waals surface area contributed by atoms with Crippen LogP contribution in [-0.4, -0.2) is 47.9 Å². The number of aromatic amines is 1. The van der Waals surface area contributed by atoms with Crippen molar-refractivity contribution in [1.82, 2.24) is 9.55 Å². The van der Waals surface area contributed by atoms with Crippen LogP contribution in [0, 0.1) is 6.92 Å². The number of hydrogen-bond acceptors (Lipinski definition) is 9. The minimum absolute atomic E-state index is 0.0994. The SMILES string of the molecule is Cc1cn(C[C@H]2CC[C@@H](COP(=O)(O)OP(=O)(O)OP(=O)(O)O)O2)c(=O)[nH]c1=O. The second kappa shape index (κ2) is 9.04. The van der Waals surface area contributed by atoms with Crippen molar-refractivity contribution in [2.24, 2.45) is 0 Å². The van der Waals surface area contributed by atoms with E-state index in [0.717, 1.165) is 0 Å². The molecule has 1 aromatic rings. The molecule has 0 aromatic carbocycles. The van der Waals surface area contributed by atoms with Crippen molar-refractivity contribution < 1.29 is 51.2 Å². The van der Waals surface area contributed by atoms with Crippen molar-refractivity contribution in [3.05, 3.63) is 32.6 Å². The maximum Gasteiger partial charge on any atom is 0.490 e. The maximum atomic E-state index is 11.8. The van der Waals surface area contributed by atoms with Crippen LogP contribution in [0.5, 0.6) is 0 Å². The molecule has 29 heavy (non-hydrogen) atoms. The Kier molecular flexibility index (Phi) is 7.59. The van der Waals surface area contributed by atoms with Crippen molar-refractivity contribution in [3.8, 4) is 0 Å². The number of phosphoric ester groups is 1. The Morgan fingerprint density at radius 3 is 2.34 bits per heavy atom. The molecule has 166 valence electrons. The van der Waals surface area contributed by atoms with Crippen LogP contribution in [-0.2, 0) is 38.1 Å². The number of nitrogens with one attached hydrogen (secondary N) is 1. The van der Waals surface area contributed by atoms with Gasteiger partial charge in [0.15, 0.2) is 0 Å². The van der Waals surface area contributed by atoms with Crippen molar-refractivity contribution in [1.29, 1.82) is 0 Å². The molecule has 0 spiro atoms. The van der Waals surface area contributed by atoms with Crippen LogP contribution in [0.15, 0.2) is 15.8 Å². The second-order valence-corrected chi connectivity index (χ2v) is 10.5. The van der Waals surface area contributed by atoms with Crippen LogP contribution in [0.2, 0.25) is 0 Å². The fraction of sp³-hybridized carbons (Fsp3) is 0.636. The number of phosphoric acid groups is 3. The Bertz CT molecular complexity index is 996. The summed E-state index contributed by atoms with van der Waals surface area (Å²) in [5.74, 6) is 0. The molecule has 1 aliphatic rings. The quantitative estimate of drug-likeness (QED) is 0.288. The number of aryl methyl sites for hydroxylation is 1. The predicted molar refractivity (Wildman–Crippen MR) is 93.8 cm³/mol. The fourth-order valence-corrected chi connectivity index (χ4v) is 5.54. The van der Waals surface area contributed by atoms with E-state index < -0.39 is 53.5 Å². The van der Waals surface area contributed by atoms with E-state index >= 15 is 0 Å². The summed E-state index contributed by atoms with van der Waals surface area (Å²) in [6.45, 7) is 1.07. The summed E-state index contributed by atoms with van der Waals surface area (Å²) in [4.78, 5) is 60.7. The van der Waals surface area contributed by atoms with E-state index in [2.05, 4.69) is 18.1 Å². The lowest BCUT2D eigenvalue weighted by atomic mass is 10.2. The molecular weight excluding hydrogens is 461 g/mol. The zero-order chi connectivity index (χ0) is 22.0. The topological polar surface area (TPSA) is 224 Å². The summed E-state index contributed by atoms with van der Waals surface area (Å²) in [6.07, 6.45) is 0.938. The van der Waals surface area contributed by atoms with Crippen molar-refractivity contribution in [2.45, 2.75) is 38.5 Å². The van der Waals surface area contributed by atoms with Gasteiger partial charge in [-0.2, -0.15) is 8.62 Å². The number of aromatic nitrogens is 2. The van der Waals surface area contributed by atoms with Crippen molar-refractivity contribution in [2.75, 3.05) is 6.61 Å². The van der Waals surface area contributed by atoms with Crippen LogP contribution >= 0.6 is 23.5 Å². The normalized spacial score (nSPS) is 24.2. The lowest BCUT2D eigenvalue weighted by molar-refractivity contribution is 0.00382. The third-order valence-corrected chi connectivity index (χ3v) is 7.43. The third-order valence-electron chi connectivity index (χ3n) is 3.62. The third kappa shape index (κ3) is 8.00. The standard InChI is InChI=1S/C11H19N2O13P3/c1-7-4-13(11(15)12-10(7)14)5-8-2-3-9(24-8)6-23-28(19,20)26-29(21,22)25-27(16,17)18/h4,8-9H,2-3,5-6H2,1H3,(H,19,20)(H,21,22)(H,12,14,15)(H2,16,17,18)/t8-,9+/m1/s1. The Labute approximate surface area is 162 Å². The van der Waals surface area contributed by atoms with Crippen LogP contribution in [0.3, 0.4) is 0 Å². The van der Waals surface area contributed by atoms with E-state index in [1.165, 1.54) is 17.7 Å². The van der Waals surface area contributed by atoms with E-state index in [1.54, 1.807) is 0 Å². The molecule has 0 aliphatic carbocycles. The number of nitrogens with zero attached hydrogens (tertiary/aromatic N) is 1. The van der Waals surface area contributed by atoms with Gasteiger partial charge in [0.05, 0.1) is 25.4 Å². The Morgan fingerprint density at radius 1 is 1.10 bits per heavy atom. The average molecular weight is 480 g/mol. The van der Waals surface area contributed by atoms with Gasteiger partial charge in [0.2, 0.25) is 0 Å². The van der Waals surface area contributed by atoms with Gasteiger partial charge in [0, 0.05) is 11.8 Å². The highest BCUT2D eigenvalue weighted by atomic mass is 31.3. The highest BCUT2D eigenvalue weighted by Crippen LogP contribution is 2.66. The van der Waals surface area contributed by atoms with Gasteiger partial charge in [-0.05, 0) is 19.8 Å². The molecule has 4 atom stereocenters. The smallest absolute Gasteiger partial charge is 0.371 e. The summed E-state index contributed by atoms with van der Waals surface area (Å²) in [5, 5.41) is 0. The average Bonchev–Trinajstić information content (AvgIpc) is 2.95. The zero-order valence-corrected chi connectivity index (χ0v) is 17.5. The first kappa shape index (κ1) is 24.3. The molecule has 0 amide bonds. The van der Waals surface area contributed by atoms with E-state index in [1.807, 2.05) is 0 Å². The lowest BCUT2D eigenvalue weighted by Crippen LogP contribution is -2.34. The highest BCUT2D eigenvalue weighted by Gasteiger charge is 2.41. The predicted octanol–water partition coefficient (Wildman–Crippen LogP) is -0.264. The summed E-state index contributed by atoms with van der Waals surface area (Å²) in [5.41, 5.74) is -0.805. The van der Waals surface area contributed by atoms with Gasteiger partial charge in [-0.25, -0.2) is 18.5 Å². The van der Waals surface area contributed by atoms with Gasteiger partial charge in [-0.3, -0.25) is 18.9 Å². The van der Waals surface area contributed by atoms with Crippen LogP contribution in [0.25, 0.3) is 0 Å². The Hall–Kier alpha value is -0.950. The molecule has 1 fully saturated rings. The minimum Gasteiger partial charge on any atom is -0.371 e. The largest absolute Gasteiger partial charge is 0.490 e. The molecule has 0 bridgehead atoms. The number of ether oxygens (including phenoxy) is 1. The Morgan fingerprint density at radius 2 is 1.72 bits per heavy atom. The molecule has 15 nitrogen and oxygen atoms in total. The molecule has 0 radical (unpaired) electrons. The van der Waals surface area contributed by atoms with Gasteiger partial charge in [-0.1, -0.05) is 0 Å². The van der Waals surface area contributed by atoms with Gasteiger partial charge < -0.3 is 24.3 Å². The first-order valence-electron chi connectivity index (χ1n) is 7.90. The van der Waals surface area contributed by atoms with Crippen LogP contribution in [0.1, 0.15) is 18.4 Å². The van der Waals surface area contributed by atoms with Crippen molar-refractivity contribution >= 4 is 23.5 Å². The molecule has 1 aliphatic heterocycles. The summed E-state index contributed by atoms with van der Waals surface area (Å²) in [7, 11) is -16.3. The molecule has 2 rings (SSSR count). The van der Waals surface area contributed by atoms with Crippen LogP contribution < -0.4 is 11.2 Å². The van der Waals surface area contributed by atoms with Gasteiger partial charge in [0.1, 0.15) is 0 Å². The first-order valence-corrected chi connectivity index (χ1v) is 12.4. The number of H-pyrrole nitrogens is 1. The molecule has 0 saturated carbocycles. The minimum atomic E-state index is -5.58. The molecule has 2 heterocycles. The molecule has 1 aromatic heterocycles. The first-order chi connectivity index (χ1) is 13.2. The highest BCUT2D eigenvalue weighted by molar-refractivity contribution is 7.66.